The first-order valence-electron chi connectivity index (χ1n) is 8.40. The van der Waals surface area contributed by atoms with Crippen LogP contribution < -0.4 is 0 Å². The molecular formula is C16H23FN2O3. The molecule has 0 aromatic rings. The third kappa shape index (κ3) is 2.41. The minimum Gasteiger partial charge on any atom is -0.371 e. The number of hydrogen-bond donors (Lipinski definition) is 0. The molecule has 6 heteroatoms. The Kier molecular flexibility index (Phi) is 3.22. The van der Waals surface area contributed by atoms with E-state index in [9.17, 15) is 14.0 Å². The Labute approximate surface area is 129 Å². The number of carbonyl (C=O) groups is 2. The molecule has 122 valence electrons. The summed E-state index contributed by atoms with van der Waals surface area (Å²) in [5, 5.41) is 0. The van der Waals surface area contributed by atoms with Gasteiger partial charge in [-0.3, -0.25) is 9.59 Å². The van der Waals surface area contributed by atoms with Crippen LogP contribution in [0.3, 0.4) is 0 Å². The van der Waals surface area contributed by atoms with Gasteiger partial charge in [0.25, 0.3) is 5.91 Å². The predicted molar refractivity (Wildman–Crippen MR) is 76.9 cm³/mol. The lowest BCUT2D eigenvalue weighted by atomic mass is 9.82. The molecule has 0 radical (unpaired) electrons. The maximum absolute atomic E-state index is 13.8. The molecule has 0 bridgehead atoms. The number of ether oxygens (including phenoxy) is 1. The number of rotatable bonds is 3. The minimum atomic E-state index is -1.56. The molecule has 1 atom stereocenters. The maximum Gasteiger partial charge on any atom is 0.260 e. The zero-order valence-corrected chi connectivity index (χ0v) is 12.9. The summed E-state index contributed by atoms with van der Waals surface area (Å²) in [4.78, 5) is 27.1. The smallest absolute Gasteiger partial charge is 0.260 e. The summed E-state index contributed by atoms with van der Waals surface area (Å²) in [5.41, 5.74) is -1.80. The number of nitrogens with zero attached hydrogens (tertiary/aromatic N) is 2. The molecule has 0 unspecified atom stereocenters. The molecule has 5 nitrogen and oxygen atoms in total. The summed E-state index contributed by atoms with van der Waals surface area (Å²) in [7, 11) is 0. The van der Waals surface area contributed by atoms with Gasteiger partial charge in [-0.25, -0.2) is 4.39 Å². The first-order chi connectivity index (χ1) is 10.5. The van der Waals surface area contributed by atoms with E-state index in [1.54, 1.807) is 4.90 Å². The van der Waals surface area contributed by atoms with Crippen LogP contribution in [0, 0.1) is 5.92 Å². The Morgan fingerprint density at radius 3 is 2.64 bits per heavy atom. The number of carbonyl (C=O) groups excluding carboxylic acids is 2. The van der Waals surface area contributed by atoms with Gasteiger partial charge in [0.05, 0.1) is 19.7 Å². The van der Waals surface area contributed by atoms with Crippen LogP contribution in [0.5, 0.6) is 0 Å². The van der Waals surface area contributed by atoms with Crippen LogP contribution in [0.2, 0.25) is 0 Å². The largest absolute Gasteiger partial charge is 0.371 e. The number of hydrogen-bond acceptors (Lipinski definition) is 3. The van der Waals surface area contributed by atoms with Gasteiger partial charge in [-0.1, -0.05) is 0 Å². The van der Waals surface area contributed by atoms with Gasteiger partial charge in [0, 0.05) is 25.4 Å². The van der Waals surface area contributed by atoms with Crippen molar-refractivity contribution in [3.63, 3.8) is 0 Å². The third-order valence-electron chi connectivity index (χ3n) is 5.60. The standard InChI is InChI=1S/C16H23FN2O3/c17-16(5-6-16)14(21)19-10-15(11-19)4-3-12(9-22-15)8-18-7-1-2-13(18)20/h12H,1-11H2/t12-/m1/s1. The Morgan fingerprint density at radius 2 is 2.09 bits per heavy atom. The van der Waals surface area contributed by atoms with Gasteiger partial charge >= 0.3 is 0 Å². The molecule has 22 heavy (non-hydrogen) atoms. The second kappa shape index (κ2) is 4.91. The molecule has 3 aliphatic heterocycles. The zero-order valence-electron chi connectivity index (χ0n) is 12.9. The van der Waals surface area contributed by atoms with Crippen molar-refractivity contribution in [2.75, 3.05) is 32.8 Å². The fourth-order valence-electron chi connectivity index (χ4n) is 3.92. The van der Waals surface area contributed by atoms with E-state index in [-0.39, 0.29) is 17.4 Å². The van der Waals surface area contributed by atoms with Crippen molar-refractivity contribution < 1.29 is 18.7 Å². The van der Waals surface area contributed by atoms with E-state index in [2.05, 4.69) is 0 Å². The summed E-state index contributed by atoms with van der Waals surface area (Å²) < 4.78 is 19.8. The maximum atomic E-state index is 13.8. The normalized spacial score (nSPS) is 32.2. The van der Waals surface area contributed by atoms with Gasteiger partial charge < -0.3 is 14.5 Å². The van der Waals surface area contributed by atoms with Crippen molar-refractivity contribution in [2.24, 2.45) is 5.92 Å². The van der Waals surface area contributed by atoms with E-state index < -0.39 is 5.67 Å². The monoisotopic (exact) mass is 310 g/mol. The highest BCUT2D eigenvalue weighted by Crippen LogP contribution is 2.45. The highest BCUT2D eigenvalue weighted by atomic mass is 19.1. The van der Waals surface area contributed by atoms with Gasteiger partial charge in [0.15, 0.2) is 5.67 Å². The van der Waals surface area contributed by atoms with Crippen LogP contribution in [-0.2, 0) is 14.3 Å². The fourth-order valence-corrected chi connectivity index (χ4v) is 3.92. The zero-order chi connectivity index (χ0) is 15.4. The van der Waals surface area contributed by atoms with Gasteiger partial charge in [0.1, 0.15) is 5.60 Å². The average molecular weight is 310 g/mol. The second-order valence-corrected chi connectivity index (χ2v) is 7.47. The quantitative estimate of drug-likeness (QED) is 0.785. The topological polar surface area (TPSA) is 49.9 Å². The van der Waals surface area contributed by atoms with Crippen molar-refractivity contribution in [3.8, 4) is 0 Å². The summed E-state index contributed by atoms with van der Waals surface area (Å²) in [5.74, 6) is 0.318. The lowest BCUT2D eigenvalue weighted by Gasteiger charge is -2.53. The van der Waals surface area contributed by atoms with Crippen LogP contribution in [0.15, 0.2) is 0 Å². The molecule has 0 N–H and O–H groups in total. The van der Waals surface area contributed by atoms with Gasteiger partial charge in [-0.15, -0.1) is 0 Å². The first kappa shape index (κ1) is 14.4. The molecule has 4 fully saturated rings. The molecule has 2 amide bonds. The van der Waals surface area contributed by atoms with Crippen molar-refractivity contribution in [1.82, 2.24) is 9.80 Å². The number of amides is 2. The Morgan fingerprint density at radius 1 is 1.32 bits per heavy atom. The Balaban J connectivity index is 1.25. The summed E-state index contributed by atoms with van der Waals surface area (Å²) in [6.45, 7) is 3.39. The van der Waals surface area contributed by atoms with Crippen molar-refractivity contribution >= 4 is 11.8 Å². The molecular weight excluding hydrogens is 287 g/mol. The number of halogens is 1. The van der Waals surface area contributed by atoms with E-state index in [1.165, 1.54) is 0 Å². The Hall–Kier alpha value is -1.17. The van der Waals surface area contributed by atoms with Crippen LogP contribution in [0.4, 0.5) is 4.39 Å². The third-order valence-corrected chi connectivity index (χ3v) is 5.60. The van der Waals surface area contributed by atoms with E-state index in [1.807, 2.05) is 4.90 Å². The van der Waals surface area contributed by atoms with Gasteiger partial charge in [-0.05, 0) is 32.1 Å². The summed E-state index contributed by atoms with van der Waals surface area (Å²) in [6, 6.07) is 0. The van der Waals surface area contributed by atoms with E-state index >= 15 is 0 Å². The average Bonchev–Trinajstić information content (AvgIpc) is 3.11. The highest BCUT2D eigenvalue weighted by Gasteiger charge is 2.58. The summed E-state index contributed by atoms with van der Waals surface area (Å²) >= 11 is 0. The SMILES string of the molecule is O=C1CCCN1C[C@H]1CCC2(CN(C(=O)C3(F)CC3)C2)OC1. The number of alkyl halides is 1. The van der Waals surface area contributed by atoms with Crippen molar-refractivity contribution in [1.29, 1.82) is 0 Å². The van der Waals surface area contributed by atoms with Gasteiger partial charge in [-0.2, -0.15) is 0 Å². The molecule has 1 saturated carbocycles. The number of likely N-dealkylation sites (tertiary alicyclic amines) is 2. The summed E-state index contributed by atoms with van der Waals surface area (Å²) in [6.07, 6.45) is 4.33. The lowest BCUT2D eigenvalue weighted by molar-refractivity contribution is -0.193. The minimum absolute atomic E-state index is 0.244. The first-order valence-corrected chi connectivity index (χ1v) is 8.40. The fraction of sp³-hybridized carbons (Fsp3) is 0.875. The Bertz CT molecular complexity index is 490. The molecule has 1 aliphatic carbocycles. The van der Waals surface area contributed by atoms with Gasteiger partial charge in [0.2, 0.25) is 5.91 Å². The highest BCUT2D eigenvalue weighted by molar-refractivity contribution is 5.88. The van der Waals surface area contributed by atoms with E-state index in [0.717, 1.165) is 32.4 Å². The molecule has 1 spiro atoms. The molecule has 3 saturated heterocycles. The van der Waals surface area contributed by atoms with E-state index in [0.29, 0.717) is 44.9 Å². The molecule has 0 aromatic heterocycles. The van der Waals surface area contributed by atoms with E-state index in [4.69, 9.17) is 4.74 Å². The lowest BCUT2D eigenvalue weighted by Crippen LogP contribution is -2.67. The van der Waals surface area contributed by atoms with Crippen LogP contribution in [0.1, 0.15) is 38.5 Å². The van der Waals surface area contributed by atoms with Crippen LogP contribution >= 0.6 is 0 Å². The molecule has 0 aromatic carbocycles. The second-order valence-electron chi connectivity index (χ2n) is 7.47. The van der Waals surface area contributed by atoms with Crippen molar-refractivity contribution in [2.45, 2.75) is 49.8 Å². The van der Waals surface area contributed by atoms with Crippen LogP contribution in [-0.4, -0.2) is 65.7 Å². The molecule has 3 heterocycles. The van der Waals surface area contributed by atoms with Crippen molar-refractivity contribution in [3.05, 3.63) is 0 Å². The van der Waals surface area contributed by atoms with Crippen LogP contribution in [0.25, 0.3) is 0 Å². The predicted octanol–water partition coefficient (Wildman–Crippen LogP) is 1.12. The molecule has 4 rings (SSSR count). The molecule has 4 aliphatic rings.